The maximum atomic E-state index is 14.1. The van der Waals surface area contributed by atoms with E-state index in [2.05, 4.69) is 20.0 Å². The number of rotatable bonds is 6. The average molecular weight is 490 g/mol. The number of benzene rings is 1. The summed E-state index contributed by atoms with van der Waals surface area (Å²) in [5, 5.41) is 12.6. The largest absolute Gasteiger partial charge is 0.472 e. The highest BCUT2D eigenvalue weighted by molar-refractivity contribution is 6.32. The lowest BCUT2D eigenvalue weighted by molar-refractivity contribution is 0.233. The number of amidine groups is 1. The van der Waals surface area contributed by atoms with Gasteiger partial charge in [-0.15, -0.1) is 0 Å². The fraction of sp³-hybridized carbons (Fsp3) is 0.261. The lowest BCUT2D eigenvalue weighted by Gasteiger charge is -2.28. The van der Waals surface area contributed by atoms with Gasteiger partial charge in [0.05, 0.1) is 11.4 Å². The van der Waals surface area contributed by atoms with Crippen molar-refractivity contribution in [3.63, 3.8) is 0 Å². The number of aromatic nitrogens is 2. The minimum atomic E-state index is -0.441. The van der Waals surface area contributed by atoms with E-state index < -0.39 is 5.82 Å². The number of oxime groups is 1. The van der Waals surface area contributed by atoms with E-state index in [-0.39, 0.29) is 18.3 Å². The molecular weight excluding hydrogens is 468 g/mol. The minimum Gasteiger partial charge on any atom is -0.472 e. The van der Waals surface area contributed by atoms with E-state index in [1.807, 2.05) is 19.1 Å². The Morgan fingerprint density at radius 3 is 2.85 bits per heavy atom. The molecule has 0 radical (unpaired) electrons. The number of aryl methyl sites for hydroxylation is 1. The Bertz CT molecular complexity index is 1220. The van der Waals surface area contributed by atoms with Gasteiger partial charge in [0.2, 0.25) is 5.88 Å². The van der Waals surface area contributed by atoms with Gasteiger partial charge in [-0.2, -0.15) is 0 Å². The fourth-order valence-electron chi connectivity index (χ4n) is 3.67. The third kappa shape index (κ3) is 5.35. The number of hydrogen-bond acceptors (Lipinski definition) is 6. The standard InChI is InChI=1S/C23H22Cl2FN5O2/c1-13-6-16(22(27)30-32)9-28-20(13)10-31-5-4-14-7-18(25)23(29-21(14)11-31)33-12-15-2-3-17(24)8-19(15)26/h2-3,6-9,32H,4-5,10-12H2,1H3,(H2,27,30). The summed E-state index contributed by atoms with van der Waals surface area (Å²) in [6.07, 6.45) is 2.38. The zero-order valence-corrected chi connectivity index (χ0v) is 19.4. The Labute approximate surface area is 200 Å². The SMILES string of the molecule is Cc1cc(/C(N)=N/O)cnc1CN1CCc2cc(Cl)c(OCc3ccc(Cl)cc3F)nc2C1. The molecule has 3 N–H and O–H groups in total. The molecule has 1 aromatic carbocycles. The number of nitrogens with zero attached hydrogens (tertiary/aromatic N) is 4. The monoisotopic (exact) mass is 489 g/mol. The zero-order valence-electron chi connectivity index (χ0n) is 17.9. The Morgan fingerprint density at radius 1 is 1.30 bits per heavy atom. The number of pyridine rings is 2. The summed E-state index contributed by atoms with van der Waals surface area (Å²) in [5.41, 5.74) is 10.4. The molecule has 3 aromatic rings. The minimum absolute atomic E-state index is 0.00599. The molecule has 4 rings (SSSR count). The van der Waals surface area contributed by atoms with Crippen LogP contribution in [-0.4, -0.2) is 32.5 Å². The number of fused-ring (bicyclic) bond motifs is 1. The van der Waals surface area contributed by atoms with Crippen LogP contribution in [0.3, 0.4) is 0 Å². The summed E-state index contributed by atoms with van der Waals surface area (Å²) in [5.74, 6) is -0.149. The molecule has 7 nitrogen and oxygen atoms in total. The van der Waals surface area contributed by atoms with Gasteiger partial charge in [-0.3, -0.25) is 9.88 Å². The second-order valence-electron chi connectivity index (χ2n) is 7.84. The van der Waals surface area contributed by atoms with E-state index in [1.54, 1.807) is 18.3 Å². The molecule has 1 aliphatic heterocycles. The molecule has 2 aromatic heterocycles. The fourth-order valence-corrected chi connectivity index (χ4v) is 4.06. The zero-order chi connectivity index (χ0) is 23.5. The first kappa shape index (κ1) is 23.2. The average Bonchev–Trinajstić information content (AvgIpc) is 2.79. The molecule has 10 heteroatoms. The van der Waals surface area contributed by atoms with Crippen LogP contribution >= 0.6 is 23.2 Å². The molecule has 0 fully saturated rings. The topological polar surface area (TPSA) is 96.9 Å². The first-order valence-electron chi connectivity index (χ1n) is 10.2. The highest BCUT2D eigenvalue weighted by Crippen LogP contribution is 2.30. The highest BCUT2D eigenvalue weighted by atomic mass is 35.5. The highest BCUT2D eigenvalue weighted by Gasteiger charge is 2.21. The summed E-state index contributed by atoms with van der Waals surface area (Å²) in [4.78, 5) is 11.3. The van der Waals surface area contributed by atoms with E-state index in [0.29, 0.717) is 34.3 Å². The maximum Gasteiger partial charge on any atom is 0.233 e. The number of nitrogens with two attached hydrogens (primary N) is 1. The first-order chi connectivity index (χ1) is 15.8. The van der Waals surface area contributed by atoms with E-state index in [1.165, 1.54) is 6.07 Å². The molecule has 3 heterocycles. The van der Waals surface area contributed by atoms with Crippen LogP contribution in [0, 0.1) is 12.7 Å². The van der Waals surface area contributed by atoms with Gasteiger partial charge in [0, 0.05) is 42.0 Å². The third-order valence-corrected chi connectivity index (χ3v) is 6.03. The molecule has 0 unspecified atom stereocenters. The van der Waals surface area contributed by atoms with Gasteiger partial charge < -0.3 is 15.7 Å². The van der Waals surface area contributed by atoms with Gasteiger partial charge in [-0.25, -0.2) is 9.37 Å². The Morgan fingerprint density at radius 2 is 2.12 bits per heavy atom. The molecule has 0 bridgehead atoms. The van der Waals surface area contributed by atoms with Gasteiger partial charge in [0.1, 0.15) is 17.4 Å². The third-order valence-electron chi connectivity index (χ3n) is 5.53. The Balaban J connectivity index is 1.47. The Kier molecular flexibility index (Phi) is 6.97. The summed E-state index contributed by atoms with van der Waals surface area (Å²) >= 11 is 12.2. The van der Waals surface area contributed by atoms with Gasteiger partial charge in [0.25, 0.3) is 0 Å². The molecule has 33 heavy (non-hydrogen) atoms. The van der Waals surface area contributed by atoms with Crippen LogP contribution in [0.4, 0.5) is 4.39 Å². The predicted octanol–water partition coefficient (Wildman–Crippen LogP) is 4.46. The quantitative estimate of drug-likeness (QED) is 0.229. The summed E-state index contributed by atoms with van der Waals surface area (Å²) < 4.78 is 19.8. The number of halogens is 3. The van der Waals surface area contributed by atoms with E-state index in [0.717, 1.165) is 35.5 Å². The first-order valence-corrected chi connectivity index (χ1v) is 11.0. The van der Waals surface area contributed by atoms with Crippen molar-refractivity contribution in [3.8, 4) is 5.88 Å². The van der Waals surface area contributed by atoms with Crippen molar-refractivity contribution in [2.75, 3.05) is 6.54 Å². The smallest absolute Gasteiger partial charge is 0.233 e. The predicted molar refractivity (Wildman–Crippen MR) is 124 cm³/mol. The van der Waals surface area contributed by atoms with Crippen LogP contribution in [0.2, 0.25) is 10.0 Å². The number of hydrogen-bond donors (Lipinski definition) is 2. The molecule has 0 atom stereocenters. The summed E-state index contributed by atoms with van der Waals surface area (Å²) in [7, 11) is 0. The lowest BCUT2D eigenvalue weighted by atomic mass is 10.0. The van der Waals surface area contributed by atoms with Crippen molar-refractivity contribution in [2.45, 2.75) is 33.0 Å². The van der Waals surface area contributed by atoms with Crippen LogP contribution in [0.5, 0.6) is 5.88 Å². The van der Waals surface area contributed by atoms with E-state index >= 15 is 0 Å². The molecule has 0 saturated heterocycles. The van der Waals surface area contributed by atoms with Crippen molar-refractivity contribution in [2.24, 2.45) is 10.9 Å². The second kappa shape index (κ2) is 9.91. The summed E-state index contributed by atoms with van der Waals surface area (Å²) in [6.45, 7) is 3.98. The van der Waals surface area contributed by atoms with E-state index in [4.69, 9.17) is 38.9 Å². The van der Waals surface area contributed by atoms with Crippen LogP contribution in [0.15, 0.2) is 41.7 Å². The maximum absolute atomic E-state index is 14.1. The van der Waals surface area contributed by atoms with Crippen molar-refractivity contribution >= 4 is 29.0 Å². The van der Waals surface area contributed by atoms with Crippen molar-refractivity contribution in [1.29, 1.82) is 0 Å². The van der Waals surface area contributed by atoms with Crippen LogP contribution in [0.25, 0.3) is 0 Å². The van der Waals surface area contributed by atoms with Crippen molar-refractivity contribution < 1.29 is 14.3 Å². The van der Waals surface area contributed by atoms with E-state index in [9.17, 15) is 4.39 Å². The van der Waals surface area contributed by atoms with Crippen molar-refractivity contribution in [3.05, 3.63) is 86.0 Å². The molecule has 1 aliphatic rings. The molecule has 0 amide bonds. The molecule has 0 aliphatic carbocycles. The van der Waals surface area contributed by atoms with Crippen LogP contribution in [-0.2, 0) is 26.1 Å². The second-order valence-corrected chi connectivity index (χ2v) is 8.68. The molecular formula is C23H22Cl2FN5O2. The number of ether oxygens (including phenoxy) is 1. The van der Waals surface area contributed by atoms with Gasteiger partial charge in [0.15, 0.2) is 5.84 Å². The Hall–Kier alpha value is -2.94. The lowest BCUT2D eigenvalue weighted by Crippen LogP contribution is -2.31. The summed E-state index contributed by atoms with van der Waals surface area (Å²) in [6, 6.07) is 8.13. The molecule has 0 saturated carbocycles. The van der Waals surface area contributed by atoms with Gasteiger partial charge >= 0.3 is 0 Å². The van der Waals surface area contributed by atoms with Crippen LogP contribution < -0.4 is 10.5 Å². The molecule has 172 valence electrons. The van der Waals surface area contributed by atoms with Gasteiger partial charge in [-0.05, 0) is 48.7 Å². The van der Waals surface area contributed by atoms with Crippen LogP contribution in [0.1, 0.15) is 33.6 Å². The normalized spacial score (nSPS) is 14.2. The van der Waals surface area contributed by atoms with Gasteiger partial charge in [-0.1, -0.05) is 34.4 Å². The van der Waals surface area contributed by atoms with Crippen molar-refractivity contribution in [1.82, 2.24) is 14.9 Å². The molecule has 0 spiro atoms.